The summed E-state index contributed by atoms with van der Waals surface area (Å²) in [4.78, 5) is 26.9. The summed E-state index contributed by atoms with van der Waals surface area (Å²) in [5.41, 5.74) is 4.49. The van der Waals surface area contributed by atoms with E-state index in [0.717, 1.165) is 16.1 Å². The number of carbonyl (C=O) groups excluding carboxylic acids is 2. The maximum atomic E-state index is 12.2. The first-order valence-electron chi connectivity index (χ1n) is 7.37. The third-order valence-electron chi connectivity index (χ3n) is 3.82. The molecule has 6 heteroatoms. The summed E-state index contributed by atoms with van der Waals surface area (Å²) in [5, 5.41) is 5.98. The minimum atomic E-state index is -0.371. The average molecular weight is 327 g/mol. The number of benzene rings is 1. The van der Waals surface area contributed by atoms with Crippen molar-refractivity contribution in [2.24, 2.45) is 11.0 Å². The molecule has 2 heterocycles. The number of amides is 2. The highest BCUT2D eigenvalue weighted by molar-refractivity contribution is 7.11. The van der Waals surface area contributed by atoms with Crippen LogP contribution in [0.5, 0.6) is 0 Å². The molecule has 0 aliphatic carbocycles. The van der Waals surface area contributed by atoms with Gasteiger partial charge in [0.05, 0.1) is 12.1 Å². The Morgan fingerprint density at radius 3 is 2.83 bits per heavy atom. The molecule has 3 rings (SSSR count). The van der Waals surface area contributed by atoms with E-state index >= 15 is 0 Å². The number of nitrogens with one attached hydrogen (secondary N) is 1. The van der Waals surface area contributed by atoms with Gasteiger partial charge in [-0.15, -0.1) is 11.3 Å². The second-order valence-corrected chi connectivity index (χ2v) is 6.39. The Balaban J connectivity index is 1.60. The molecule has 0 bridgehead atoms. The zero-order valence-corrected chi connectivity index (χ0v) is 13.5. The van der Waals surface area contributed by atoms with E-state index in [1.165, 1.54) is 0 Å². The minimum Gasteiger partial charge on any atom is -0.312 e. The molecule has 5 nitrogen and oxygen atoms in total. The molecule has 1 aliphatic heterocycles. The molecular formula is C17H17N3O2S. The first-order valence-corrected chi connectivity index (χ1v) is 8.25. The smallest absolute Gasteiger partial charge is 0.245 e. The third-order valence-corrected chi connectivity index (χ3v) is 4.78. The molecule has 0 saturated carbocycles. The lowest BCUT2D eigenvalue weighted by atomic mass is 10.1. The number of aryl methyl sites for hydroxylation is 1. The average Bonchev–Trinajstić information content (AvgIpc) is 3.14. The van der Waals surface area contributed by atoms with Crippen molar-refractivity contribution in [3.8, 4) is 0 Å². The molecule has 1 atom stereocenters. The van der Waals surface area contributed by atoms with E-state index in [1.54, 1.807) is 22.5 Å². The minimum absolute atomic E-state index is 0.0329. The fraction of sp³-hybridized carbons (Fsp3) is 0.235. The van der Waals surface area contributed by atoms with E-state index in [0.29, 0.717) is 6.54 Å². The van der Waals surface area contributed by atoms with Crippen molar-refractivity contribution in [2.45, 2.75) is 13.3 Å². The van der Waals surface area contributed by atoms with Crippen LogP contribution in [0, 0.1) is 12.8 Å². The summed E-state index contributed by atoms with van der Waals surface area (Å²) in [5.74, 6) is -0.624. The zero-order valence-electron chi connectivity index (χ0n) is 12.7. The summed E-state index contributed by atoms with van der Waals surface area (Å²) in [7, 11) is 0. The van der Waals surface area contributed by atoms with Gasteiger partial charge in [-0.3, -0.25) is 9.59 Å². The van der Waals surface area contributed by atoms with Gasteiger partial charge in [-0.2, -0.15) is 5.10 Å². The van der Waals surface area contributed by atoms with Crippen LogP contribution < -0.4 is 10.3 Å². The van der Waals surface area contributed by atoms with Crippen molar-refractivity contribution in [1.82, 2.24) is 5.43 Å². The normalized spacial score (nSPS) is 17.9. The molecule has 0 unspecified atom stereocenters. The van der Waals surface area contributed by atoms with Crippen molar-refractivity contribution >= 4 is 35.1 Å². The summed E-state index contributed by atoms with van der Waals surface area (Å²) in [6.07, 6.45) is 1.86. The largest absolute Gasteiger partial charge is 0.312 e. The number of hydrogen-bond acceptors (Lipinski definition) is 4. The lowest BCUT2D eigenvalue weighted by Crippen LogP contribution is -2.30. The van der Waals surface area contributed by atoms with Crippen LogP contribution in [-0.4, -0.2) is 24.6 Å². The molecule has 23 heavy (non-hydrogen) atoms. The molecule has 0 spiro atoms. The van der Waals surface area contributed by atoms with Gasteiger partial charge in [0.25, 0.3) is 0 Å². The summed E-state index contributed by atoms with van der Waals surface area (Å²) < 4.78 is 0. The Kier molecular flexibility index (Phi) is 4.52. The van der Waals surface area contributed by atoms with E-state index < -0.39 is 0 Å². The number of carbonyl (C=O) groups is 2. The van der Waals surface area contributed by atoms with Crippen LogP contribution in [0.4, 0.5) is 5.69 Å². The molecule has 1 saturated heterocycles. The number of nitrogens with zero attached hydrogens (tertiary/aromatic N) is 2. The van der Waals surface area contributed by atoms with Crippen LogP contribution in [0.2, 0.25) is 0 Å². The molecule has 2 amide bonds. The molecule has 1 aromatic heterocycles. The van der Waals surface area contributed by atoms with Crippen LogP contribution in [0.1, 0.15) is 16.9 Å². The lowest BCUT2D eigenvalue weighted by Gasteiger charge is -2.16. The SMILES string of the molecule is Cc1ccsc1C=NNC(=O)[C@H]1CC(=O)N(c2ccccc2)C1. The van der Waals surface area contributed by atoms with Gasteiger partial charge in [-0.1, -0.05) is 18.2 Å². The second-order valence-electron chi connectivity index (χ2n) is 5.44. The second kappa shape index (κ2) is 6.75. The Bertz CT molecular complexity index is 739. The highest BCUT2D eigenvalue weighted by atomic mass is 32.1. The van der Waals surface area contributed by atoms with Crippen LogP contribution in [0.25, 0.3) is 0 Å². The van der Waals surface area contributed by atoms with E-state index in [9.17, 15) is 9.59 Å². The molecular weight excluding hydrogens is 310 g/mol. The van der Waals surface area contributed by atoms with Gasteiger partial charge < -0.3 is 4.90 Å². The first kappa shape index (κ1) is 15.4. The summed E-state index contributed by atoms with van der Waals surface area (Å²) in [6, 6.07) is 11.4. The van der Waals surface area contributed by atoms with Gasteiger partial charge in [0.15, 0.2) is 0 Å². The summed E-state index contributed by atoms with van der Waals surface area (Å²) in [6.45, 7) is 2.38. The first-order chi connectivity index (χ1) is 11.1. The number of hydrazone groups is 1. The third kappa shape index (κ3) is 3.48. The van der Waals surface area contributed by atoms with Crippen molar-refractivity contribution in [2.75, 3.05) is 11.4 Å². The van der Waals surface area contributed by atoms with Gasteiger partial charge in [0.1, 0.15) is 0 Å². The quantitative estimate of drug-likeness (QED) is 0.693. The van der Waals surface area contributed by atoms with Gasteiger partial charge in [0, 0.05) is 23.5 Å². The number of rotatable bonds is 4. The maximum absolute atomic E-state index is 12.2. The molecule has 1 aliphatic rings. The molecule has 1 aromatic carbocycles. The van der Waals surface area contributed by atoms with Crippen LogP contribution >= 0.6 is 11.3 Å². The number of para-hydroxylation sites is 1. The number of thiophene rings is 1. The molecule has 118 valence electrons. The molecule has 1 N–H and O–H groups in total. The number of anilines is 1. The van der Waals surface area contributed by atoms with Crippen LogP contribution in [-0.2, 0) is 9.59 Å². The van der Waals surface area contributed by atoms with E-state index in [-0.39, 0.29) is 24.2 Å². The van der Waals surface area contributed by atoms with Crippen LogP contribution in [0.3, 0.4) is 0 Å². The Morgan fingerprint density at radius 2 is 2.13 bits per heavy atom. The Hall–Kier alpha value is -2.47. The lowest BCUT2D eigenvalue weighted by molar-refractivity contribution is -0.126. The van der Waals surface area contributed by atoms with Crippen molar-refractivity contribution in [1.29, 1.82) is 0 Å². The van der Waals surface area contributed by atoms with Gasteiger partial charge in [-0.05, 0) is 36.1 Å². The van der Waals surface area contributed by atoms with Gasteiger partial charge >= 0.3 is 0 Å². The maximum Gasteiger partial charge on any atom is 0.245 e. The number of hydrogen-bond donors (Lipinski definition) is 1. The van der Waals surface area contributed by atoms with E-state index in [1.807, 2.05) is 48.7 Å². The Morgan fingerprint density at radius 1 is 1.35 bits per heavy atom. The monoisotopic (exact) mass is 327 g/mol. The van der Waals surface area contributed by atoms with E-state index in [2.05, 4.69) is 10.5 Å². The fourth-order valence-electron chi connectivity index (χ4n) is 2.50. The zero-order chi connectivity index (χ0) is 16.2. The van der Waals surface area contributed by atoms with Crippen molar-refractivity contribution in [3.05, 3.63) is 52.2 Å². The predicted octanol–water partition coefficient (Wildman–Crippen LogP) is 2.56. The standard InChI is InChI=1S/C17H17N3O2S/c1-12-7-8-23-15(12)10-18-19-17(22)13-9-16(21)20(11-13)14-5-3-2-4-6-14/h2-8,10,13H,9,11H2,1H3,(H,19,22)/t13-/m0/s1. The highest BCUT2D eigenvalue weighted by Crippen LogP contribution is 2.24. The van der Waals surface area contributed by atoms with Crippen LogP contribution in [0.15, 0.2) is 46.9 Å². The van der Waals surface area contributed by atoms with Crippen molar-refractivity contribution < 1.29 is 9.59 Å². The van der Waals surface area contributed by atoms with E-state index in [4.69, 9.17) is 0 Å². The molecule has 2 aromatic rings. The topological polar surface area (TPSA) is 61.8 Å². The van der Waals surface area contributed by atoms with Gasteiger partial charge in [-0.25, -0.2) is 5.43 Å². The molecule has 0 radical (unpaired) electrons. The van der Waals surface area contributed by atoms with Gasteiger partial charge in [0.2, 0.25) is 11.8 Å². The molecule has 1 fully saturated rings. The van der Waals surface area contributed by atoms with Crippen molar-refractivity contribution in [3.63, 3.8) is 0 Å². The predicted molar refractivity (Wildman–Crippen MR) is 91.7 cm³/mol. The summed E-state index contributed by atoms with van der Waals surface area (Å²) >= 11 is 1.57. The highest BCUT2D eigenvalue weighted by Gasteiger charge is 2.34. The fourth-order valence-corrected chi connectivity index (χ4v) is 3.29. The Labute approximate surface area is 138 Å².